The summed E-state index contributed by atoms with van der Waals surface area (Å²) in [4.78, 5) is 20.1. The van der Waals surface area contributed by atoms with E-state index in [-0.39, 0.29) is 5.97 Å². The third-order valence-corrected chi connectivity index (χ3v) is 7.63. The maximum absolute atomic E-state index is 12.9. The van der Waals surface area contributed by atoms with Crippen LogP contribution in [0.4, 0.5) is 5.00 Å². The van der Waals surface area contributed by atoms with E-state index in [1.54, 1.807) is 22.7 Å². The first-order valence-electron chi connectivity index (χ1n) is 10.9. The predicted molar refractivity (Wildman–Crippen MR) is 131 cm³/mol. The fourth-order valence-electron chi connectivity index (χ4n) is 4.16. The summed E-state index contributed by atoms with van der Waals surface area (Å²) in [5.74, 6) is -0.253. The van der Waals surface area contributed by atoms with E-state index in [0.29, 0.717) is 12.2 Å². The molecule has 2 heterocycles. The van der Waals surface area contributed by atoms with Gasteiger partial charge in [0.1, 0.15) is 5.00 Å². The van der Waals surface area contributed by atoms with Crippen molar-refractivity contribution in [2.24, 2.45) is 4.99 Å². The van der Waals surface area contributed by atoms with Crippen LogP contribution in [0.15, 0.2) is 71.0 Å². The second kappa shape index (κ2) is 9.27. The zero-order valence-electron chi connectivity index (χ0n) is 17.9. The van der Waals surface area contributed by atoms with Crippen molar-refractivity contribution < 1.29 is 9.53 Å². The summed E-state index contributed by atoms with van der Waals surface area (Å²) < 4.78 is 7.60. The zero-order chi connectivity index (χ0) is 21.9. The van der Waals surface area contributed by atoms with Crippen LogP contribution in [0, 0.1) is 0 Å². The quantitative estimate of drug-likeness (QED) is 0.317. The number of aryl methyl sites for hydroxylation is 1. The highest BCUT2D eigenvalue weighted by molar-refractivity contribution is 7.16. The number of hydrogen-bond donors (Lipinski definition) is 0. The first-order chi connectivity index (χ1) is 15.8. The molecule has 0 aliphatic heterocycles. The molecule has 0 amide bonds. The highest BCUT2D eigenvalue weighted by Crippen LogP contribution is 2.40. The molecule has 5 rings (SSSR count). The van der Waals surface area contributed by atoms with E-state index >= 15 is 0 Å². The Morgan fingerprint density at radius 1 is 1.03 bits per heavy atom. The zero-order valence-corrected chi connectivity index (χ0v) is 19.5. The minimum absolute atomic E-state index is 0.253. The van der Waals surface area contributed by atoms with Gasteiger partial charge in [-0.1, -0.05) is 48.5 Å². The van der Waals surface area contributed by atoms with Gasteiger partial charge in [-0.3, -0.25) is 4.57 Å². The van der Waals surface area contributed by atoms with E-state index in [1.165, 1.54) is 4.88 Å². The van der Waals surface area contributed by atoms with Gasteiger partial charge in [-0.2, -0.15) is 0 Å². The number of benzene rings is 2. The van der Waals surface area contributed by atoms with Crippen LogP contribution in [0.3, 0.4) is 0 Å². The Kier molecular flexibility index (Phi) is 6.06. The molecule has 1 aliphatic rings. The van der Waals surface area contributed by atoms with Crippen LogP contribution < -0.4 is 4.80 Å². The second-order valence-electron chi connectivity index (χ2n) is 7.66. The highest BCUT2D eigenvalue weighted by atomic mass is 32.1. The van der Waals surface area contributed by atoms with Gasteiger partial charge in [0.25, 0.3) is 0 Å². The first kappa shape index (κ1) is 20.9. The number of thiophene rings is 1. The summed E-state index contributed by atoms with van der Waals surface area (Å²) in [5, 5.41) is 2.90. The molecule has 0 N–H and O–H groups in total. The minimum Gasteiger partial charge on any atom is -0.462 e. The average molecular weight is 461 g/mol. The molecule has 4 aromatic rings. The van der Waals surface area contributed by atoms with E-state index in [9.17, 15) is 4.79 Å². The lowest BCUT2D eigenvalue weighted by atomic mass is 9.95. The summed E-state index contributed by atoms with van der Waals surface area (Å²) >= 11 is 3.24. The van der Waals surface area contributed by atoms with Crippen molar-refractivity contribution in [3.05, 3.63) is 86.8 Å². The number of nitrogens with zero attached hydrogens (tertiary/aromatic N) is 2. The number of hydrogen-bond acceptors (Lipinski definition) is 5. The molecule has 0 saturated heterocycles. The van der Waals surface area contributed by atoms with Gasteiger partial charge in [0.2, 0.25) is 0 Å². The summed E-state index contributed by atoms with van der Waals surface area (Å²) in [5.41, 5.74) is 5.07. The number of fused-ring (bicyclic) bond motifs is 1. The van der Waals surface area contributed by atoms with Crippen molar-refractivity contribution >= 4 is 33.6 Å². The van der Waals surface area contributed by atoms with Gasteiger partial charge in [-0.15, -0.1) is 22.7 Å². The molecule has 32 heavy (non-hydrogen) atoms. The number of carbonyl (C=O) groups is 1. The molecule has 1 aliphatic carbocycles. The van der Waals surface area contributed by atoms with Crippen molar-refractivity contribution in [1.29, 1.82) is 0 Å². The second-order valence-corrected chi connectivity index (χ2v) is 9.58. The maximum atomic E-state index is 12.9. The lowest BCUT2D eigenvalue weighted by molar-refractivity contribution is 0.0526. The number of para-hydroxylation sites is 1. The Balaban J connectivity index is 1.73. The first-order valence-corrected chi connectivity index (χ1v) is 12.6. The van der Waals surface area contributed by atoms with Crippen molar-refractivity contribution in [2.45, 2.75) is 32.6 Å². The number of ether oxygens (including phenoxy) is 1. The summed E-state index contributed by atoms with van der Waals surface area (Å²) in [7, 11) is 0. The molecule has 0 radical (unpaired) electrons. The fourth-order valence-corrected chi connectivity index (χ4v) is 6.37. The van der Waals surface area contributed by atoms with Gasteiger partial charge >= 0.3 is 5.97 Å². The summed E-state index contributed by atoms with van der Waals surface area (Å²) in [6.45, 7) is 2.21. The Bertz CT molecular complexity index is 1300. The van der Waals surface area contributed by atoms with Gasteiger partial charge in [-0.05, 0) is 55.9 Å². The summed E-state index contributed by atoms with van der Waals surface area (Å²) in [6, 6.07) is 20.6. The molecule has 0 unspecified atom stereocenters. The fraction of sp³-hybridized carbons (Fsp3) is 0.231. The third-order valence-electron chi connectivity index (χ3n) is 5.62. The van der Waals surface area contributed by atoms with Gasteiger partial charge in [-0.25, -0.2) is 9.79 Å². The molecule has 4 nitrogen and oxygen atoms in total. The Hall–Kier alpha value is -2.96. The standard InChI is InChI=1S/C26H24N2O2S2/c1-2-30-25(29)23-20-15-9-10-16-22(20)32-24(23)27-26-28(19-13-7-4-8-14-19)21(17-31-26)18-11-5-3-6-12-18/h3-8,11-14,17H,2,9-10,15-16H2,1H3/b27-26-. The predicted octanol–water partition coefficient (Wildman–Crippen LogP) is 6.56. The molecular weight excluding hydrogens is 436 g/mol. The van der Waals surface area contributed by atoms with E-state index in [2.05, 4.69) is 34.2 Å². The van der Waals surface area contributed by atoms with Crippen LogP contribution in [0.2, 0.25) is 0 Å². The lowest BCUT2D eigenvalue weighted by Crippen LogP contribution is -2.14. The van der Waals surface area contributed by atoms with Crippen LogP contribution in [0.25, 0.3) is 16.9 Å². The molecule has 2 aromatic carbocycles. The largest absolute Gasteiger partial charge is 0.462 e. The molecule has 2 aromatic heterocycles. The molecular formula is C26H24N2O2S2. The van der Waals surface area contributed by atoms with Gasteiger partial charge in [0, 0.05) is 15.9 Å². The van der Waals surface area contributed by atoms with Gasteiger partial charge in [0.15, 0.2) is 4.80 Å². The average Bonchev–Trinajstić information content (AvgIpc) is 3.42. The topological polar surface area (TPSA) is 43.6 Å². The van der Waals surface area contributed by atoms with Gasteiger partial charge < -0.3 is 4.74 Å². The molecule has 0 spiro atoms. The molecule has 6 heteroatoms. The molecule has 0 fully saturated rings. The lowest BCUT2D eigenvalue weighted by Gasteiger charge is -2.12. The van der Waals surface area contributed by atoms with Crippen molar-refractivity contribution in [2.75, 3.05) is 6.61 Å². The molecule has 0 atom stereocenters. The number of thiazole rings is 1. The normalized spacial score (nSPS) is 13.7. The Morgan fingerprint density at radius 3 is 2.50 bits per heavy atom. The van der Waals surface area contributed by atoms with Crippen LogP contribution in [0.1, 0.15) is 40.6 Å². The van der Waals surface area contributed by atoms with E-state index < -0.39 is 0 Å². The third kappa shape index (κ3) is 3.96. The number of rotatable bonds is 5. The van der Waals surface area contributed by atoms with Crippen LogP contribution in [-0.2, 0) is 17.6 Å². The molecule has 162 valence electrons. The summed E-state index contributed by atoms with van der Waals surface area (Å²) in [6.07, 6.45) is 4.21. The SMILES string of the molecule is CCOC(=O)c1c(/N=c2\scc(-c3ccccc3)n2-c2ccccc2)sc2c1CCCC2. The van der Waals surface area contributed by atoms with E-state index in [1.807, 2.05) is 43.3 Å². The Labute approximate surface area is 195 Å². The number of aromatic nitrogens is 1. The van der Waals surface area contributed by atoms with Crippen LogP contribution >= 0.6 is 22.7 Å². The van der Waals surface area contributed by atoms with Crippen LogP contribution in [0.5, 0.6) is 0 Å². The van der Waals surface area contributed by atoms with Crippen molar-refractivity contribution in [3.63, 3.8) is 0 Å². The number of esters is 1. The highest BCUT2D eigenvalue weighted by Gasteiger charge is 2.26. The molecule has 0 saturated carbocycles. The van der Waals surface area contributed by atoms with E-state index in [4.69, 9.17) is 9.73 Å². The monoisotopic (exact) mass is 460 g/mol. The van der Waals surface area contributed by atoms with Crippen molar-refractivity contribution in [1.82, 2.24) is 4.57 Å². The number of carbonyl (C=O) groups excluding carboxylic acids is 1. The van der Waals surface area contributed by atoms with Crippen molar-refractivity contribution in [3.8, 4) is 16.9 Å². The Morgan fingerprint density at radius 2 is 1.75 bits per heavy atom. The smallest absolute Gasteiger partial charge is 0.341 e. The van der Waals surface area contributed by atoms with Crippen LogP contribution in [-0.4, -0.2) is 17.1 Å². The van der Waals surface area contributed by atoms with Gasteiger partial charge in [0.05, 0.1) is 17.9 Å². The maximum Gasteiger partial charge on any atom is 0.341 e. The minimum atomic E-state index is -0.253. The van der Waals surface area contributed by atoms with E-state index in [0.717, 1.165) is 58.0 Å². The molecule has 0 bridgehead atoms.